The van der Waals surface area contributed by atoms with E-state index in [0.717, 1.165) is 16.9 Å². The van der Waals surface area contributed by atoms with Crippen LogP contribution in [0.25, 0.3) is 0 Å². The van der Waals surface area contributed by atoms with Crippen LogP contribution in [0.2, 0.25) is 0 Å². The van der Waals surface area contributed by atoms with Gasteiger partial charge in [0.2, 0.25) is 5.56 Å². The van der Waals surface area contributed by atoms with Gasteiger partial charge in [-0.3, -0.25) is 9.59 Å². The molecular formula is C14H14N2O4S. The minimum absolute atomic E-state index is 0.275. The number of nitrogens with one attached hydrogen (secondary N) is 2. The van der Waals surface area contributed by atoms with E-state index in [2.05, 4.69) is 10.3 Å². The van der Waals surface area contributed by atoms with E-state index in [-0.39, 0.29) is 11.5 Å². The van der Waals surface area contributed by atoms with Crippen molar-refractivity contribution in [3.8, 4) is 0 Å². The summed E-state index contributed by atoms with van der Waals surface area (Å²) in [6.45, 7) is 3.81. The molecular weight excluding hydrogens is 292 g/mol. The molecule has 0 saturated heterocycles. The van der Waals surface area contributed by atoms with E-state index in [1.807, 2.05) is 0 Å². The normalized spacial score (nSPS) is 10.2. The van der Waals surface area contributed by atoms with Gasteiger partial charge in [-0.25, -0.2) is 4.79 Å². The fourth-order valence-corrected chi connectivity index (χ4v) is 2.64. The Morgan fingerprint density at radius 1 is 1.38 bits per heavy atom. The van der Waals surface area contributed by atoms with Crippen molar-refractivity contribution in [2.75, 3.05) is 11.9 Å². The first-order valence-electron chi connectivity index (χ1n) is 6.29. The molecule has 2 aromatic rings. The van der Waals surface area contributed by atoms with Gasteiger partial charge < -0.3 is 15.0 Å². The van der Waals surface area contributed by atoms with Crippen molar-refractivity contribution in [3.63, 3.8) is 0 Å². The quantitative estimate of drug-likeness (QED) is 0.847. The summed E-state index contributed by atoms with van der Waals surface area (Å²) < 4.78 is 4.94. The number of carbonyl (C=O) groups excluding carboxylic acids is 2. The zero-order valence-corrected chi connectivity index (χ0v) is 12.4. The van der Waals surface area contributed by atoms with Crippen LogP contribution in [0.1, 0.15) is 32.5 Å². The van der Waals surface area contributed by atoms with Gasteiger partial charge in [-0.2, -0.15) is 0 Å². The molecule has 7 heteroatoms. The number of hydrogen-bond acceptors (Lipinski definition) is 5. The number of anilines is 1. The third-order valence-electron chi connectivity index (χ3n) is 2.66. The highest BCUT2D eigenvalue weighted by Crippen LogP contribution is 2.27. The second-order valence-corrected chi connectivity index (χ2v) is 5.29. The molecule has 1 amide bonds. The smallest absolute Gasteiger partial charge is 0.348 e. The number of H-pyrrole nitrogens is 1. The molecule has 2 N–H and O–H groups in total. The van der Waals surface area contributed by atoms with Crippen molar-refractivity contribution < 1.29 is 14.3 Å². The lowest BCUT2D eigenvalue weighted by Crippen LogP contribution is -2.13. The van der Waals surface area contributed by atoms with Gasteiger partial charge >= 0.3 is 5.97 Å². The van der Waals surface area contributed by atoms with E-state index in [0.29, 0.717) is 22.0 Å². The van der Waals surface area contributed by atoms with E-state index >= 15 is 0 Å². The van der Waals surface area contributed by atoms with Crippen molar-refractivity contribution in [2.45, 2.75) is 13.8 Å². The van der Waals surface area contributed by atoms with Crippen LogP contribution in [0, 0.1) is 6.92 Å². The van der Waals surface area contributed by atoms with Gasteiger partial charge in [0.05, 0.1) is 17.2 Å². The minimum Gasteiger partial charge on any atom is -0.462 e. The topological polar surface area (TPSA) is 88.3 Å². The lowest BCUT2D eigenvalue weighted by Gasteiger charge is -2.01. The number of hydrogen-bond donors (Lipinski definition) is 2. The Morgan fingerprint density at radius 2 is 2.14 bits per heavy atom. The van der Waals surface area contributed by atoms with E-state index in [9.17, 15) is 14.4 Å². The van der Waals surface area contributed by atoms with Gasteiger partial charge in [0, 0.05) is 12.3 Å². The molecule has 0 fully saturated rings. The summed E-state index contributed by atoms with van der Waals surface area (Å²) >= 11 is 1.16. The van der Waals surface area contributed by atoms with E-state index < -0.39 is 5.97 Å². The van der Waals surface area contributed by atoms with Crippen molar-refractivity contribution >= 4 is 28.2 Å². The predicted molar refractivity (Wildman–Crippen MR) is 80.0 cm³/mol. The Balaban J connectivity index is 2.15. The first kappa shape index (κ1) is 15.0. The van der Waals surface area contributed by atoms with E-state index in [4.69, 9.17) is 4.74 Å². The van der Waals surface area contributed by atoms with Crippen molar-refractivity contribution in [1.82, 2.24) is 4.98 Å². The largest absolute Gasteiger partial charge is 0.462 e. The number of ether oxygens (including phenoxy) is 1. The summed E-state index contributed by atoms with van der Waals surface area (Å²) in [5, 5.41) is 3.23. The Bertz CT molecular complexity index is 712. The third kappa shape index (κ3) is 3.57. The van der Waals surface area contributed by atoms with Crippen LogP contribution in [0.15, 0.2) is 29.2 Å². The predicted octanol–water partition coefficient (Wildman–Crippen LogP) is 2.17. The summed E-state index contributed by atoms with van der Waals surface area (Å²) in [6, 6.07) is 4.42. The average Bonchev–Trinajstić information content (AvgIpc) is 2.80. The molecule has 110 valence electrons. The summed E-state index contributed by atoms with van der Waals surface area (Å²) in [5.74, 6) is -0.757. The molecule has 2 aromatic heterocycles. The van der Waals surface area contributed by atoms with E-state index in [1.165, 1.54) is 18.3 Å². The maximum absolute atomic E-state index is 12.0. The standard InChI is InChI=1S/C14H14N2O4S/c1-3-20-14(19)12-8(2)6-11(21-12)16-13(18)9-4-5-10(17)15-7-9/h4-7H,3H2,1-2H3,(H,15,17)(H,16,18). The molecule has 0 spiro atoms. The van der Waals surface area contributed by atoms with Crippen LogP contribution in [0.5, 0.6) is 0 Å². The molecule has 0 atom stereocenters. The number of aromatic nitrogens is 1. The maximum atomic E-state index is 12.0. The highest BCUT2D eigenvalue weighted by molar-refractivity contribution is 7.18. The molecule has 21 heavy (non-hydrogen) atoms. The van der Waals surface area contributed by atoms with Gasteiger partial charge in [0.15, 0.2) is 0 Å². The third-order valence-corrected chi connectivity index (χ3v) is 3.79. The summed E-state index contributed by atoms with van der Waals surface area (Å²) in [7, 11) is 0. The van der Waals surface area contributed by atoms with Crippen LogP contribution in [0.3, 0.4) is 0 Å². The zero-order chi connectivity index (χ0) is 15.4. The highest BCUT2D eigenvalue weighted by atomic mass is 32.1. The van der Waals surface area contributed by atoms with Crippen LogP contribution >= 0.6 is 11.3 Å². The van der Waals surface area contributed by atoms with E-state index in [1.54, 1.807) is 19.9 Å². The Kier molecular flexibility index (Phi) is 4.54. The summed E-state index contributed by atoms with van der Waals surface area (Å²) in [5.41, 5.74) is 0.802. The SMILES string of the molecule is CCOC(=O)c1sc(NC(=O)c2ccc(=O)[nH]c2)cc1C. The number of carbonyl (C=O) groups is 2. The highest BCUT2D eigenvalue weighted by Gasteiger charge is 2.16. The lowest BCUT2D eigenvalue weighted by atomic mass is 10.2. The monoisotopic (exact) mass is 306 g/mol. The number of rotatable bonds is 4. The van der Waals surface area contributed by atoms with Crippen LogP contribution in [-0.4, -0.2) is 23.5 Å². The molecule has 0 radical (unpaired) electrons. The fraction of sp³-hybridized carbons (Fsp3) is 0.214. The molecule has 2 rings (SSSR count). The number of aromatic amines is 1. The van der Waals surface area contributed by atoms with Crippen LogP contribution in [-0.2, 0) is 4.74 Å². The summed E-state index contributed by atoms with van der Waals surface area (Å²) in [4.78, 5) is 37.6. The Labute approximate surface area is 124 Å². The second-order valence-electron chi connectivity index (χ2n) is 4.24. The Hall–Kier alpha value is -2.41. The maximum Gasteiger partial charge on any atom is 0.348 e. The number of pyridine rings is 1. The summed E-state index contributed by atoms with van der Waals surface area (Å²) in [6.07, 6.45) is 1.34. The van der Waals surface area contributed by atoms with Gasteiger partial charge in [0.25, 0.3) is 5.91 Å². The number of thiophene rings is 1. The van der Waals surface area contributed by atoms with Crippen molar-refractivity contribution in [2.24, 2.45) is 0 Å². The van der Waals surface area contributed by atoms with Crippen molar-refractivity contribution in [3.05, 3.63) is 50.8 Å². The van der Waals surface area contributed by atoms with Gasteiger partial charge in [-0.05, 0) is 31.5 Å². The first-order valence-corrected chi connectivity index (χ1v) is 7.10. The molecule has 0 aliphatic heterocycles. The van der Waals surface area contributed by atoms with Gasteiger partial charge in [-0.1, -0.05) is 0 Å². The molecule has 0 aliphatic rings. The zero-order valence-electron chi connectivity index (χ0n) is 11.6. The average molecular weight is 306 g/mol. The van der Waals surface area contributed by atoms with Gasteiger partial charge in [-0.15, -0.1) is 11.3 Å². The second kappa shape index (κ2) is 6.36. The first-order chi connectivity index (χ1) is 10.0. The number of esters is 1. The number of aryl methyl sites for hydroxylation is 1. The van der Waals surface area contributed by atoms with Crippen molar-refractivity contribution in [1.29, 1.82) is 0 Å². The molecule has 2 heterocycles. The Morgan fingerprint density at radius 3 is 2.76 bits per heavy atom. The molecule has 0 bridgehead atoms. The molecule has 0 saturated carbocycles. The fourth-order valence-electron chi connectivity index (χ4n) is 1.68. The molecule has 0 aromatic carbocycles. The molecule has 0 aliphatic carbocycles. The van der Waals surface area contributed by atoms with Crippen LogP contribution in [0.4, 0.5) is 5.00 Å². The van der Waals surface area contributed by atoms with Crippen LogP contribution < -0.4 is 10.9 Å². The number of amides is 1. The molecule has 0 unspecified atom stereocenters. The minimum atomic E-state index is -0.399. The van der Waals surface area contributed by atoms with Gasteiger partial charge in [0.1, 0.15) is 4.88 Å². The molecule has 6 nitrogen and oxygen atoms in total. The lowest BCUT2D eigenvalue weighted by molar-refractivity contribution is 0.0531.